The molecular formula is C22H25N5O4S. The normalized spacial score (nSPS) is 10.5. The molecule has 3 rings (SSSR count). The Morgan fingerprint density at radius 2 is 1.84 bits per heavy atom. The largest absolute Gasteiger partial charge is 0.496 e. The third-order valence-corrected chi connectivity index (χ3v) is 5.49. The van der Waals surface area contributed by atoms with Gasteiger partial charge in [0.25, 0.3) is 5.91 Å². The monoisotopic (exact) mass is 455 g/mol. The highest BCUT2D eigenvalue weighted by Gasteiger charge is 2.15. The van der Waals surface area contributed by atoms with Gasteiger partial charge in [0, 0.05) is 12.7 Å². The number of carbonyl (C=O) groups is 2. The van der Waals surface area contributed by atoms with Crippen molar-refractivity contribution in [2.45, 2.75) is 18.6 Å². The lowest BCUT2D eigenvalue weighted by Gasteiger charge is -2.09. The van der Waals surface area contributed by atoms with Crippen molar-refractivity contribution in [1.29, 1.82) is 0 Å². The van der Waals surface area contributed by atoms with E-state index in [1.807, 2.05) is 6.92 Å². The lowest BCUT2D eigenvalue weighted by molar-refractivity contribution is -0.113. The minimum absolute atomic E-state index is 0.159. The molecule has 0 radical (unpaired) electrons. The van der Waals surface area contributed by atoms with Gasteiger partial charge in [-0.3, -0.25) is 9.59 Å². The number of aromatic nitrogens is 3. The van der Waals surface area contributed by atoms with Crippen molar-refractivity contribution in [2.24, 2.45) is 7.05 Å². The average Bonchev–Trinajstić information content (AvgIpc) is 3.16. The van der Waals surface area contributed by atoms with E-state index in [0.717, 1.165) is 5.75 Å². The summed E-state index contributed by atoms with van der Waals surface area (Å²) in [5.74, 6) is 1.57. The Bertz CT molecular complexity index is 1070. The number of methoxy groups -OCH3 is 1. The van der Waals surface area contributed by atoms with E-state index in [2.05, 4.69) is 20.8 Å². The summed E-state index contributed by atoms with van der Waals surface area (Å²) in [5, 5.41) is 14.5. The first kappa shape index (κ1) is 23.1. The fourth-order valence-corrected chi connectivity index (χ4v) is 3.57. The van der Waals surface area contributed by atoms with Crippen molar-refractivity contribution in [3.8, 4) is 11.5 Å². The summed E-state index contributed by atoms with van der Waals surface area (Å²) in [4.78, 5) is 24.7. The molecule has 0 spiro atoms. The van der Waals surface area contributed by atoms with Crippen LogP contribution in [0.25, 0.3) is 0 Å². The molecule has 2 N–H and O–H groups in total. The summed E-state index contributed by atoms with van der Waals surface area (Å²) in [7, 11) is 3.31. The zero-order valence-corrected chi connectivity index (χ0v) is 18.9. The molecule has 0 atom stereocenters. The zero-order valence-electron chi connectivity index (χ0n) is 18.1. The fraction of sp³-hybridized carbons (Fsp3) is 0.273. The number of ether oxygens (including phenoxy) is 2. The molecule has 0 aliphatic heterocycles. The van der Waals surface area contributed by atoms with Crippen molar-refractivity contribution >= 4 is 29.3 Å². The van der Waals surface area contributed by atoms with Gasteiger partial charge in [0.15, 0.2) is 11.0 Å². The highest BCUT2D eigenvalue weighted by atomic mass is 32.2. The average molecular weight is 456 g/mol. The maximum Gasteiger partial charge on any atom is 0.255 e. The third-order valence-electron chi connectivity index (χ3n) is 4.47. The lowest BCUT2D eigenvalue weighted by atomic mass is 10.2. The van der Waals surface area contributed by atoms with E-state index in [1.54, 1.807) is 60.1 Å². The van der Waals surface area contributed by atoms with Crippen LogP contribution < -0.4 is 20.1 Å². The van der Waals surface area contributed by atoms with Crippen LogP contribution in [0.3, 0.4) is 0 Å². The quantitative estimate of drug-likeness (QED) is 0.453. The molecule has 0 aliphatic carbocycles. The van der Waals surface area contributed by atoms with Gasteiger partial charge >= 0.3 is 0 Å². The van der Waals surface area contributed by atoms with E-state index < -0.39 is 0 Å². The SMILES string of the molecule is CCOc1ccc(NC(=O)CSc2nnc(CNC(=O)c3ccccc3OC)n2C)cc1. The second kappa shape index (κ2) is 11.2. The van der Waals surface area contributed by atoms with Crippen molar-refractivity contribution in [3.63, 3.8) is 0 Å². The van der Waals surface area contributed by atoms with Gasteiger partial charge < -0.3 is 24.7 Å². The Morgan fingerprint density at radius 3 is 2.56 bits per heavy atom. The van der Waals surface area contributed by atoms with Crippen LogP contribution in [0.2, 0.25) is 0 Å². The minimum atomic E-state index is -0.269. The number of anilines is 1. The van der Waals surface area contributed by atoms with Crippen LogP contribution in [0.4, 0.5) is 5.69 Å². The number of hydrogen-bond donors (Lipinski definition) is 2. The fourth-order valence-electron chi connectivity index (χ4n) is 2.84. The number of hydrogen-bond acceptors (Lipinski definition) is 7. The second-order valence-corrected chi connectivity index (χ2v) is 7.58. The van der Waals surface area contributed by atoms with E-state index in [4.69, 9.17) is 9.47 Å². The summed E-state index contributed by atoms with van der Waals surface area (Å²) < 4.78 is 12.4. The van der Waals surface area contributed by atoms with Gasteiger partial charge in [-0.05, 0) is 43.3 Å². The number of benzene rings is 2. The van der Waals surface area contributed by atoms with Crippen molar-refractivity contribution in [2.75, 3.05) is 24.8 Å². The predicted octanol–water partition coefficient (Wildman–Crippen LogP) is 2.88. The molecule has 0 saturated carbocycles. The molecule has 10 heteroatoms. The van der Waals surface area contributed by atoms with E-state index in [-0.39, 0.29) is 24.1 Å². The second-order valence-electron chi connectivity index (χ2n) is 6.64. The molecule has 9 nitrogen and oxygen atoms in total. The number of rotatable bonds is 10. The van der Waals surface area contributed by atoms with Crippen LogP contribution in [0.15, 0.2) is 53.7 Å². The molecule has 3 aromatic rings. The molecule has 0 unspecified atom stereocenters. The summed E-state index contributed by atoms with van der Waals surface area (Å²) in [6.07, 6.45) is 0. The third kappa shape index (κ3) is 6.01. The summed E-state index contributed by atoms with van der Waals surface area (Å²) in [6.45, 7) is 2.70. The lowest BCUT2D eigenvalue weighted by Crippen LogP contribution is -2.25. The molecule has 0 fully saturated rings. The molecule has 168 valence electrons. The van der Waals surface area contributed by atoms with Gasteiger partial charge in [0.1, 0.15) is 11.5 Å². The first-order valence-electron chi connectivity index (χ1n) is 9.96. The Kier molecular flexibility index (Phi) is 8.09. The predicted molar refractivity (Wildman–Crippen MR) is 122 cm³/mol. The van der Waals surface area contributed by atoms with Crippen LogP contribution in [0.5, 0.6) is 11.5 Å². The summed E-state index contributed by atoms with van der Waals surface area (Å²) in [5.41, 5.74) is 1.13. The van der Waals surface area contributed by atoms with Gasteiger partial charge in [0.05, 0.1) is 31.6 Å². The molecule has 0 aliphatic rings. The van der Waals surface area contributed by atoms with Crippen molar-refractivity contribution < 1.29 is 19.1 Å². The molecule has 2 amide bonds. The topological polar surface area (TPSA) is 107 Å². The van der Waals surface area contributed by atoms with Crippen LogP contribution in [0, 0.1) is 0 Å². The van der Waals surface area contributed by atoms with E-state index in [0.29, 0.717) is 34.6 Å². The molecule has 0 saturated heterocycles. The summed E-state index contributed by atoms with van der Waals surface area (Å²) in [6, 6.07) is 14.2. The Balaban J connectivity index is 1.51. The van der Waals surface area contributed by atoms with Gasteiger partial charge in [-0.25, -0.2) is 0 Å². The Hall–Kier alpha value is -3.53. The van der Waals surface area contributed by atoms with E-state index in [1.165, 1.54) is 18.9 Å². The summed E-state index contributed by atoms with van der Waals surface area (Å²) >= 11 is 1.26. The van der Waals surface area contributed by atoms with Crippen LogP contribution >= 0.6 is 11.8 Å². The first-order chi connectivity index (χ1) is 15.5. The number of thioether (sulfide) groups is 1. The van der Waals surface area contributed by atoms with Crippen LogP contribution in [-0.2, 0) is 18.4 Å². The Labute approximate surface area is 190 Å². The standard InChI is InChI=1S/C22H25N5O4S/c1-4-31-16-11-9-15(10-12-16)24-20(28)14-32-22-26-25-19(27(22)2)13-23-21(29)17-7-5-6-8-18(17)30-3/h5-12H,4,13-14H2,1-3H3,(H,23,29)(H,24,28). The Morgan fingerprint density at radius 1 is 1.09 bits per heavy atom. The van der Waals surface area contributed by atoms with E-state index in [9.17, 15) is 9.59 Å². The number of nitrogens with one attached hydrogen (secondary N) is 2. The molecular weight excluding hydrogens is 430 g/mol. The molecule has 1 aromatic heterocycles. The minimum Gasteiger partial charge on any atom is -0.496 e. The highest BCUT2D eigenvalue weighted by Crippen LogP contribution is 2.19. The maximum absolute atomic E-state index is 12.4. The zero-order chi connectivity index (χ0) is 22.9. The maximum atomic E-state index is 12.4. The van der Waals surface area contributed by atoms with Gasteiger partial charge in [-0.15, -0.1) is 10.2 Å². The molecule has 1 heterocycles. The number of carbonyl (C=O) groups excluding carboxylic acids is 2. The van der Waals surface area contributed by atoms with E-state index >= 15 is 0 Å². The van der Waals surface area contributed by atoms with Crippen molar-refractivity contribution in [3.05, 3.63) is 59.9 Å². The molecule has 32 heavy (non-hydrogen) atoms. The highest BCUT2D eigenvalue weighted by molar-refractivity contribution is 7.99. The van der Waals surface area contributed by atoms with Crippen LogP contribution in [0.1, 0.15) is 23.1 Å². The van der Waals surface area contributed by atoms with Crippen LogP contribution in [-0.4, -0.2) is 46.0 Å². The van der Waals surface area contributed by atoms with Gasteiger partial charge in [-0.2, -0.15) is 0 Å². The smallest absolute Gasteiger partial charge is 0.255 e. The van der Waals surface area contributed by atoms with Gasteiger partial charge in [0.2, 0.25) is 5.91 Å². The van der Waals surface area contributed by atoms with Crippen molar-refractivity contribution in [1.82, 2.24) is 20.1 Å². The molecule has 0 bridgehead atoms. The van der Waals surface area contributed by atoms with Gasteiger partial charge in [-0.1, -0.05) is 23.9 Å². The molecule has 2 aromatic carbocycles. The number of amides is 2. The first-order valence-corrected chi connectivity index (χ1v) is 10.9. The number of nitrogens with zero attached hydrogens (tertiary/aromatic N) is 3. The number of para-hydroxylation sites is 1.